The van der Waals surface area contributed by atoms with Gasteiger partial charge >= 0.3 is 0 Å². The Morgan fingerprint density at radius 1 is 1.06 bits per heavy atom. The van der Waals surface area contributed by atoms with Crippen molar-refractivity contribution in [1.29, 1.82) is 0 Å². The monoisotopic (exact) mass is 493 g/mol. The van der Waals surface area contributed by atoms with Crippen LogP contribution in [0.15, 0.2) is 65.2 Å². The Balaban J connectivity index is 1.39. The summed E-state index contributed by atoms with van der Waals surface area (Å²) in [6, 6.07) is 14.4. The van der Waals surface area contributed by atoms with Crippen LogP contribution in [-0.4, -0.2) is 15.7 Å². The highest BCUT2D eigenvalue weighted by Gasteiger charge is 2.17. The Labute approximate surface area is 197 Å². The maximum atomic E-state index is 14.0. The van der Waals surface area contributed by atoms with E-state index in [2.05, 4.69) is 10.4 Å². The molecule has 1 amide bonds. The molecule has 0 saturated carbocycles. The van der Waals surface area contributed by atoms with Gasteiger partial charge in [0.15, 0.2) is 11.6 Å². The van der Waals surface area contributed by atoms with E-state index in [0.717, 1.165) is 0 Å². The molecular formula is C22H15Cl3FN3O3. The first kappa shape index (κ1) is 22.2. The number of hydrogen-bond acceptors (Lipinski definition) is 4. The van der Waals surface area contributed by atoms with E-state index in [4.69, 9.17) is 44.0 Å². The fourth-order valence-electron chi connectivity index (χ4n) is 2.84. The number of amides is 1. The van der Waals surface area contributed by atoms with Crippen LogP contribution in [-0.2, 0) is 13.2 Å². The van der Waals surface area contributed by atoms with Crippen LogP contribution >= 0.6 is 34.8 Å². The summed E-state index contributed by atoms with van der Waals surface area (Å²) in [6.45, 7) is 0.182. The van der Waals surface area contributed by atoms with Gasteiger partial charge in [-0.15, -0.1) is 0 Å². The Kier molecular flexibility index (Phi) is 6.69. The van der Waals surface area contributed by atoms with Crippen LogP contribution < -0.4 is 10.1 Å². The molecule has 1 N–H and O–H groups in total. The maximum absolute atomic E-state index is 14.0. The lowest BCUT2D eigenvalue weighted by Crippen LogP contribution is -2.12. The lowest BCUT2D eigenvalue weighted by molar-refractivity contribution is 0.0992. The minimum Gasteiger partial charge on any atom is -0.486 e. The van der Waals surface area contributed by atoms with Gasteiger partial charge in [0.05, 0.1) is 6.54 Å². The molecule has 2 aromatic carbocycles. The fraction of sp³-hybridized carbons (Fsp3) is 0.0909. The molecule has 0 aliphatic rings. The quantitative estimate of drug-likeness (QED) is 0.320. The minimum absolute atomic E-state index is 0.0496. The van der Waals surface area contributed by atoms with Crippen molar-refractivity contribution in [1.82, 2.24) is 9.78 Å². The molecule has 164 valence electrons. The third kappa shape index (κ3) is 5.24. The van der Waals surface area contributed by atoms with Gasteiger partial charge in [0.1, 0.15) is 29.0 Å². The van der Waals surface area contributed by atoms with Crippen molar-refractivity contribution in [3.8, 4) is 5.75 Å². The number of nitrogens with one attached hydrogen (secondary N) is 1. The molecule has 0 aliphatic carbocycles. The second kappa shape index (κ2) is 9.65. The number of rotatable bonds is 7. The summed E-state index contributed by atoms with van der Waals surface area (Å²) < 4.78 is 26.5. The van der Waals surface area contributed by atoms with Crippen molar-refractivity contribution in [2.45, 2.75) is 13.2 Å². The first-order chi connectivity index (χ1) is 15.4. The predicted octanol–water partition coefficient (Wildman–Crippen LogP) is 6.46. The zero-order valence-corrected chi connectivity index (χ0v) is 18.6. The molecule has 0 unspecified atom stereocenters. The van der Waals surface area contributed by atoms with E-state index < -0.39 is 11.7 Å². The summed E-state index contributed by atoms with van der Waals surface area (Å²) in [4.78, 5) is 12.5. The minimum atomic E-state index is -0.543. The van der Waals surface area contributed by atoms with E-state index >= 15 is 0 Å². The molecule has 0 radical (unpaired) electrons. The maximum Gasteiger partial charge on any atom is 0.292 e. The van der Waals surface area contributed by atoms with Gasteiger partial charge in [0, 0.05) is 21.8 Å². The van der Waals surface area contributed by atoms with Gasteiger partial charge in [-0.2, -0.15) is 5.10 Å². The Morgan fingerprint density at radius 3 is 2.59 bits per heavy atom. The average molecular weight is 495 g/mol. The molecule has 32 heavy (non-hydrogen) atoms. The number of nitrogens with zero attached hydrogens (tertiary/aromatic N) is 2. The van der Waals surface area contributed by atoms with Gasteiger partial charge < -0.3 is 14.5 Å². The molecule has 10 heteroatoms. The summed E-state index contributed by atoms with van der Waals surface area (Å²) in [7, 11) is 0. The third-order valence-electron chi connectivity index (χ3n) is 4.41. The van der Waals surface area contributed by atoms with E-state index in [1.807, 2.05) is 0 Å². The van der Waals surface area contributed by atoms with E-state index in [1.165, 1.54) is 29.1 Å². The largest absolute Gasteiger partial charge is 0.486 e. The molecular weight excluding hydrogens is 480 g/mol. The molecule has 0 bridgehead atoms. The highest BCUT2D eigenvalue weighted by Crippen LogP contribution is 2.24. The second-order valence-corrected chi connectivity index (χ2v) is 7.94. The molecule has 6 nitrogen and oxygen atoms in total. The molecule has 0 atom stereocenters. The van der Waals surface area contributed by atoms with Gasteiger partial charge in [0.25, 0.3) is 5.91 Å². The fourth-order valence-corrected chi connectivity index (χ4v) is 3.39. The lowest BCUT2D eigenvalue weighted by Gasteiger charge is -2.06. The number of benzene rings is 2. The number of furan rings is 1. The van der Waals surface area contributed by atoms with Crippen molar-refractivity contribution in [3.05, 3.63) is 98.8 Å². The number of anilines is 1. The zero-order valence-electron chi connectivity index (χ0n) is 16.3. The van der Waals surface area contributed by atoms with Crippen molar-refractivity contribution in [3.63, 3.8) is 0 Å². The molecule has 4 rings (SSSR count). The predicted molar refractivity (Wildman–Crippen MR) is 120 cm³/mol. The van der Waals surface area contributed by atoms with Gasteiger partial charge in [-0.05, 0) is 48.5 Å². The molecule has 2 heterocycles. The smallest absolute Gasteiger partial charge is 0.292 e. The number of halogens is 4. The summed E-state index contributed by atoms with van der Waals surface area (Å²) in [6.07, 6.45) is 1.47. The van der Waals surface area contributed by atoms with E-state index in [0.29, 0.717) is 16.5 Å². The highest BCUT2D eigenvalue weighted by atomic mass is 35.5. The summed E-state index contributed by atoms with van der Waals surface area (Å²) in [5.41, 5.74) is 0.266. The Hall–Kier alpha value is -3.00. The van der Waals surface area contributed by atoms with Crippen LogP contribution in [0.1, 0.15) is 21.9 Å². The van der Waals surface area contributed by atoms with Crippen molar-refractivity contribution in [2.75, 3.05) is 5.32 Å². The van der Waals surface area contributed by atoms with Gasteiger partial charge in [0.2, 0.25) is 0 Å². The highest BCUT2D eigenvalue weighted by molar-refractivity contribution is 6.33. The van der Waals surface area contributed by atoms with Crippen LogP contribution in [0.5, 0.6) is 5.75 Å². The standard InChI is InChI=1S/C22H15Cl3FN3O3/c23-13-4-6-14(7-5-13)31-12-15-8-9-20(32-15)22(30)27-21-18(25)11-29(28-21)10-16-17(24)2-1-3-19(16)26/h1-9,11H,10,12H2,(H,27,28,30). The van der Waals surface area contributed by atoms with Crippen LogP contribution in [0.3, 0.4) is 0 Å². The average Bonchev–Trinajstić information content (AvgIpc) is 3.37. The Morgan fingerprint density at radius 2 is 1.84 bits per heavy atom. The summed E-state index contributed by atoms with van der Waals surface area (Å²) in [5, 5.41) is 7.83. The van der Waals surface area contributed by atoms with Gasteiger partial charge in [-0.1, -0.05) is 40.9 Å². The zero-order chi connectivity index (χ0) is 22.7. The van der Waals surface area contributed by atoms with E-state index in [-0.39, 0.29) is 40.3 Å². The third-order valence-corrected chi connectivity index (χ3v) is 5.29. The van der Waals surface area contributed by atoms with Gasteiger partial charge in [-0.3, -0.25) is 9.48 Å². The van der Waals surface area contributed by atoms with Crippen molar-refractivity contribution in [2.24, 2.45) is 0 Å². The number of hydrogen-bond donors (Lipinski definition) is 1. The molecule has 2 aromatic heterocycles. The topological polar surface area (TPSA) is 69.3 Å². The van der Waals surface area contributed by atoms with Gasteiger partial charge in [-0.25, -0.2) is 4.39 Å². The number of aromatic nitrogens is 2. The first-order valence-corrected chi connectivity index (χ1v) is 10.5. The van der Waals surface area contributed by atoms with Crippen LogP contribution in [0, 0.1) is 5.82 Å². The first-order valence-electron chi connectivity index (χ1n) is 9.33. The SMILES string of the molecule is O=C(Nc1nn(Cc2c(F)cccc2Cl)cc1Cl)c1ccc(COc2ccc(Cl)cc2)o1. The van der Waals surface area contributed by atoms with Crippen LogP contribution in [0.2, 0.25) is 15.1 Å². The van der Waals surface area contributed by atoms with E-state index in [1.54, 1.807) is 36.4 Å². The number of ether oxygens (including phenoxy) is 1. The number of carbonyl (C=O) groups is 1. The summed E-state index contributed by atoms with van der Waals surface area (Å²) in [5.74, 6) is 0.236. The normalized spacial score (nSPS) is 10.9. The van der Waals surface area contributed by atoms with Crippen LogP contribution in [0.4, 0.5) is 10.2 Å². The summed E-state index contributed by atoms with van der Waals surface area (Å²) >= 11 is 18.1. The molecule has 0 saturated heterocycles. The number of carbonyl (C=O) groups excluding carboxylic acids is 1. The molecule has 0 aliphatic heterocycles. The van der Waals surface area contributed by atoms with E-state index in [9.17, 15) is 9.18 Å². The second-order valence-electron chi connectivity index (χ2n) is 6.69. The molecule has 4 aromatic rings. The van der Waals surface area contributed by atoms with Crippen molar-refractivity contribution >= 4 is 46.5 Å². The molecule has 0 fully saturated rings. The van der Waals surface area contributed by atoms with Crippen LogP contribution in [0.25, 0.3) is 0 Å². The Bertz CT molecular complexity index is 1230. The lowest BCUT2D eigenvalue weighted by atomic mass is 10.2. The molecule has 0 spiro atoms. The van der Waals surface area contributed by atoms with Crippen molar-refractivity contribution < 1.29 is 18.3 Å².